The Morgan fingerprint density at radius 3 is 1.93 bits per heavy atom. The van der Waals surface area contributed by atoms with Crippen molar-refractivity contribution >= 4 is 66.0 Å². The molecule has 1 aliphatic rings. The highest BCUT2D eigenvalue weighted by molar-refractivity contribution is 7.99. The van der Waals surface area contributed by atoms with Gasteiger partial charge in [-0.25, -0.2) is 0 Å². The molecule has 0 amide bonds. The van der Waals surface area contributed by atoms with Crippen LogP contribution in [0.2, 0.25) is 0 Å². The zero-order valence-corrected chi connectivity index (χ0v) is 22.6. The average Bonchev–Trinajstić information content (AvgIpc) is 3.61. The van der Waals surface area contributed by atoms with E-state index in [1.54, 1.807) is 0 Å². The van der Waals surface area contributed by atoms with Crippen LogP contribution in [0.3, 0.4) is 0 Å². The molecule has 0 spiro atoms. The Morgan fingerprint density at radius 1 is 0.500 bits per heavy atom. The summed E-state index contributed by atoms with van der Waals surface area (Å²) in [5, 5.41) is 10.0. The molecule has 1 aliphatic heterocycles. The topological polar surface area (TPSA) is 13.1 Å². The molecule has 9 rings (SSSR count). The Kier molecular flexibility index (Phi) is 4.73. The number of fused-ring (bicyclic) bond motifs is 7. The average molecular weight is 529 g/mol. The second kappa shape index (κ2) is 8.48. The lowest BCUT2D eigenvalue weighted by molar-refractivity contribution is 0.668. The monoisotopic (exact) mass is 528 g/mol. The lowest BCUT2D eigenvalue weighted by Crippen LogP contribution is -1.91. The summed E-state index contributed by atoms with van der Waals surface area (Å²) in [6.07, 6.45) is 1.14. The van der Waals surface area contributed by atoms with Gasteiger partial charge < -0.3 is 4.42 Å². The maximum atomic E-state index is 6.49. The number of benzene rings is 7. The van der Waals surface area contributed by atoms with Crippen LogP contribution in [0, 0.1) is 0 Å². The van der Waals surface area contributed by atoms with E-state index in [9.17, 15) is 0 Å². The van der Waals surface area contributed by atoms with Crippen LogP contribution in [0.5, 0.6) is 0 Å². The lowest BCUT2D eigenvalue weighted by Gasteiger charge is -2.18. The molecule has 0 saturated carbocycles. The predicted molar refractivity (Wildman–Crippen MR) is 172 cm³/mol. The first-order valence-electron chi connectivity index (χ1n) is 13.9. The summed E-state index contributed by atoms with van der Waals surface area (Å²) in [4.78, 5) is 1.37. The molecule has 7 aromatic carbocycles. The fraction of sp³-hybridized carbons (Fsp3) is 0.0526. The van der Waals surface area contributed by atoms with Crippen LogP contribution in [-0.2, 0) is 6.42 Å². The quantitative estimate of drug-likeness (QED) is 0.207. The van der Waals surface area contributed by atoms with Gasteiger partial charge in [0.15, 0.2) is 0 Å². The van der Waals surface area contributed by atoms with Crippen molar-refractivity contribution in [2.75, 3.05) is 5.75 Å². The third-order valence-corrected chi connectivity index (χ3v) is 9.66. The number of rotatable bonds is 2. The van der Waals surface area contributed by atoms with Crippen molar-refractivity contribution in [1.29, 1.82) is 0 Å². The molecule has 188 valence electrons. The zero-order chi connectivity index (χ0) is 26.2. The van der Waals surface area contributed by atoms with Crippen molar-refractivity contribution in [2.24, 2.45) is 0 Å². The highest BCUT2D eigenvalue weighted by Gasteiger charge is 2.20. The molecule has 0 saturated heterocycles. The minimum Gasteiger partial charge on any atom is -0.456 e. The molecule has 1 aromatic heterocycles. The van der Waals surface area contributed by atoms with Crippen molar-refractivity contribution < 1.29 is 4.42 Å². The summed E-state index contributed by atoms with van der Waals surface area (Å²) in [5.74, 6) is 1.17. The summed E-state index contributed by atoms with van der Waals surface area (Å²) in [7, 11) is 0. The molecule has 8 aromatic rings. The van der Waals surface area contributed by atoms with Crippen molar-refractivity contribution in [3.8, 4) is 22.3 Å². The van der Waals surface area contributed by atoms with E-state index in [1.807, 2.05) is 11.8 Å². The highest BCUT2D eigenvalue weighted by Crippen LogP contribution is 2.46. The van der Waals surface area contributed by atoms with E-state index in [-0.39, 0.29) is 0 Å². The first-order chi connectivity index (χ1) is 19.8. The van der Waals surface area contributed by atoms with E-state index >= 15 is 0 Å². The van der Waals surface area contributed by atoms with Crippen LogP contribution in [0.1, 0.15) is 5.56 Å². The van der Waals surface area contributed by atoms with Gasteiger partial charge in [-0.15, -0.1) is 11.8 Å². The first-order valence-corrected chi connectivity index (χ1v) is 14.9. The second-order valence-electron chi connectivity index (χ2n) is 10.7. The van der Waals surface area contributed by atoms with E-state index in [0.29, 0.717) is 0 Å². The smallest absolute Gasteiger partial charge is 0.136 e. The molecule has 40 heavy (non-hydrogen) atoms. The molecular weight excluding hydrogens is 504 g/mol. The van der Waals surface area contributed by atoms with Crippen LogP contribution in [0.25, 0.3) is 76.5 Å². The minimum atomic E-state index is 0.951. The van der Waals surface area contributed by atoms with Crippen molar-refractivity contribution in [3.63, 3.8) is 0 Å². The summed E-state index contributed by atoms with van der Waals surface area (Å²) in [6, 6.07) is 44.5. The minimum absolute atomic E-state index is 0.951. The van der Waals surface area contributed by atoms with Crippen LogP contribution in [0.15, 0.2) is 131 Å². The van der Waals surface area contributed by atoms with Gasteiger partial charge >= 0.3 is 0 Å². The van der Waals surface area contributed by atoms with Gasteiger partial charge in [-0.1, -0.05) is 97.1 Å². The number of hydrogen-bond donors (Lipinski definition) is 0. The van der Waals surface area contributed by atoms with Gasteiger partial charge in [-0.2, -0.15) is 0 Å². The Morgan fingerprint density at radius 2 is 1.15 bits per heavy atom. The van der Waals surface area contributed by atoms with Gasteiger partial charge in [-0.3, -0.25) is 0 Å². The van der Waals surface area contributed by atoms with E-state index in [1.165, 1.54) is 81.6 Å². The van der Waals surface area contributed by atoms with Gasteiger partial charge in [-0.05, 0) is 90.8 Å². The SMILES string of the molecule is c1ccc2c(-c3c4ccccc4c(-c4ccc5c(c4)oc4cc6c(cc45)CCS6)c4ccccc34)cccc2c1. The molecule has 1 nitrogen and oxygen atoms in total. The van der Waals surface area contributed by atoms with Gasteiger partial charge in [0, 0.05) is 21.4 Å². The third kappa shape index (κ3) is 3.17. The fourth-order valence-electron chi connectivity index (χ4n) is 6.78. The zero-order valence-electron chi connectivity index (χ0n) is 21.8. The maximum absolute atomic E-state index is 6.49. The molecule has 2 heteroatoms. The van der Waals surface area contributed by atoms with Crippen LogP contribution < -0.4 is 0 Å². The fourth-order valence-corrected chi connectivity index (χ4v) is 7.86. The van der Waals surface area contributed by atoms with Gasteiger partial charge in [0.1, 0.15) is 11.2 Å². The molecule has 0 fully saturated rings. The number of furan rings is 1. The van der Waals surface area contributed by atoms with Gasteiger partial charge in [0.05, 0.1) is 0 Å². The molecule has 2 heterocycles. The van der Waals surface area contributed by atoms with Crippen molar-refractivity contribution in [3.05, 3.63) is 127 Å². The van der Waals surface area contributed by atoms with Crippen molar-refractivity contribution in [1.82, 2.24) is 0 Å². The molecule has 0 unspecified atom stereocenters. The molecule has 0 aliphatic carbocycles. The number of hydrogen-bond acceptors (Lipinski definition) is 2. The highest BCUT2D eigenvalue weighted by atomic mass is 32.2. The Labute approximate surface area is 236 Å². The second-order valence-corrected chi connectivity index (χ2v) is 11.9. The molecular formula is C38H24OS. The van der Waals surface area contributed by atoms with Crippen LogP contribution in [-0.4, -0.2) is 5.75 Å². The molecule has 0 N–H and O–H groups in total. The molecule has 0 radical (unpaired) electrons. The largest absolute Gasteiger partial charge is 0.456 e. The van der Waals surface area contributed by atoms with Crippen LogP contribution in [0.4, 0.5) is 0 Å². The van der Waals surface area contributed by atoms with E-state index in [0.717, 1.165) is 17.6 Å². The van der Waals surface area contributed by atoms with Crippen molar-refractivity contribution in [2.45, 2.75) is 11.3 Å². The molecule has 0 atom stereocenters. The maximum Gasteiger partial charge on any atom is 0.136 e. The van der Waals surface area contributed by atoms with E-state index in [4.69, 9.17) is 4.42 Å². The third-order valence-electron chi connectivity index (χ3n) is 8.56. The summed E-state index contributed by atoms with van der Waals surface area (Å²) >= 11 is 1.94. The Balaban J connectivity index is 1.36. The molecule has 0 bridgehead atoms. The lowest BCUT2D eigenvalue weighted by atomic mass is 9.84. The Hall–Kier alpha value is -4.53. The Bertz CT molecular complexity index is 2240. The van der Waals surface area contributed by atoms with E-state index < -0.39 is 0 Å². The predicted octanol–water partition coefficient (Wildman–Crippen LogP) is 11.0. The first kappa shape index (κ1) is 22.3. The standard InChI is InChI=1S/C38H24OS/c1-2-10-26-23(8-1)9-7-15-28(26)38-31-13-5-3-11-29(31)37(30-12-4-6-14-32(30)38)25-16-17-27-33-20-24-18-19-40-36(24)22-35(33)39-34(27)21-25/h1-17,20-22H,18-19H2. The summed E-state index contributed by atoms with van der Waals surface area (Å²) < 4.78 is 6.49. The number of aryl methyl sites for hydroxylation is 1. The normalized spacial score (nSPS) is 13.2. The summed E-state index contributed by atoms with van der Waals surface area (Å²) in [5.41, 5.74) is 8.40. The van der Waals surface area contributed by atoms with E-state index in [2.05, 4.69) is 121 Å². The van der Waals surface area contributed by atoms with Crippen LogP contribution >= 0.6 is 11.8 Å². The number of thioether (sulfide) groups is 1. The van der Waals surface area contributed by atoms with Gasteiger partial charge in [0.2, 0.25) is 0 Å². The van der Waals surface area contributed by atoms with Gasteiger partial charge in [0.25, 0.3) is 0 Å². The summed E-state index contributed by atoms with van der Waals surface area (Å²) in [6.45, 7) is 0.